The third kappa shape index (κ3) is 2.85. The SMILES string of the molecule is Cc1ccc(Br)cc1C(=O)c1ccc(Br)cc1. The van der Waals surface area contributed by atoms with E-state index in [0.717, 1.165) is 20.1 Å². The molecule has 0 fully saturated rings. The Bertz CT molecular complexity index is 559. The van der Waals surface area contributed by atoms with Crippen LogP contribution in [0.4, 0.5) is 0 Å². The Morgan fingerprint density at radius 2 is 1.53 bits per heavy atom. The normalized spacial score (nSPS) is 10.3. The Labute approximate surface area is 117 Å². The molecule has 0 amide bonds. The molecule has 0 heterocycles. The predicted molar refractivity (Wildman–Crippen MR) is 76.5 cm³/mol. The Morgan fingerprint density at radius 3 is 2.18 bits per heavy atom. The molecule has 0 aromatic heterocycles. The molecule has 0 saturated heterocycles. The van der Waals surface area contributed by atoms with Crippen LogP contribution in [0.5, 0.6) is 0 Å². The number of halogens is 2. The molecule has 0 aliphatic rings. The molecule has 86 valence electrons. The third-order valence-electron chi connectivity index (χ3n) is 2.55. The summed E-state index contributed by atoms with van der Waals surface area (Å²) in [6.45, 7) is 1.94. The summed E-state index contributed by atoms with van der Waals surface area (Å²) >= 11 is 6.75. The fraction of sp³-hybridized carbons (Fsp3) is 0.0714. The predicted octanol–water partition coefficient (Wildman–Crippen LogP) is 4.75. The second-order valence-corrected chi connectivity index (χ2v) is 5.63. The topological polar surface area (TPSA) is 17.1 Å². The Hall–Kier alpha value is -0.930. The summed E-state index contributed by atoms with van der Waals surface area (Å²) in [5.41, 5.74) is 2.43. The third-order valence-corrected chi connectivity index (χ3v) is 3.57. The average molecular weight is 354 g/mol. The van der Waals surface area contributed by atoms with Crippen LogP contribution in [0.3, 0.4) is 0 Å². The number of ketones is 1. The Balaban J connectivity index is 2.43. The molecule has 0 atom stereocenters. The first-order chi connectivity index (χ1) is 8.08. The number of carbonyl (C=O) groups is 1. The summed E-state index contributed by atoms with van der Waals surface area (Å²) in [4.78, 5) is 12.3. The summed E-state index contributed by atoms with van der Waals surface area (Å²) in [5, 5.41) is 0. The molecular weight excluding hydrogens is 344 g/mol. The average Bonchev–Trinajstić information content (AvgIpc) is 2.32. The minimum Gasteiger partial charge on any atom is -0.289 e. The summed E-state index contributed by atoms with van der Waals surface area (Å²) < 4.78 is 1.89. The molecule has 2 rings (SSSR count). The summed E-state index contributed by atoms with van der Waals surface area (Å²) in [7, 11) is 0. The molecule has 2 aromatic rings. The molecule has 0 aliphatic heterocycles. The summed E-state index contributed by atoms with van der Waals surface area (Å²) in [6.07, 6.45) is 0. The molecule has 0 radical (unpaired) electrons. The van der Waals surface area contributed by atoms with Crippen LogP contribution < -0.4 is 0 Å². The Morgan fingerprint density at radius 1 is 0.941 bits per heavy atom. The molecule has 17 heavy (non-hydrogen) atoms. The van der Waals surface area contributed by atoms with Gasteiger partial charge in [-0.05, 0) is 48.9 Å². The van der Waals surface area contributed by atoms with Crippen LogP contribution in [0.15, 0.2) is 51.4 Å². The van der Waals surface area contributed by atoms with Crippen molar-refractivity contribution in [3.63, 3.8) is 0 Å². The summed E-state index contributed by atoms with van der Waals surface area (Å²) in [5.74, 6) is 0.0521. The largest absolute Gasteiger partial charge is 0.289 e. The lowest BCUT2D eigenvalue weighted by atomic mass is 9.99. The van der Waals surface area contributed by atoms with Crippen molar-refractivity contribution in [3.8, 4) is 0 Å². The highest BCUT2D eigenvalue weighted by Crippen LogP contribution is 2.20. The van der Waals surface area contributed by atoms with E-state index in [-0.39, 0.29) is 5.78 Å². The van der Waals surface area contributed by atoms with Crippen molar-refractivity contribution in [2.45, 2.75) is 6.92 Å². The smallest absolute Gasteiger partial charge is 0.193 e. The minimum absolute atomic E-state index is 0.0521. The number of hydrogen-bond donors (Lipinski definition) is 0. The molecule has 1 nitrogen and oxygen atoms in total. The van der Waals surface area contributed by atoms with Gasteiger partial charge in [0.05, 0.1) is 0 Å². The van der Waals surface area contributed by atoms with Gasteiger partial charge < -0.3 is 0 Å². The van der Waals surface area contributed by atoms with Crippen LogP contribution in [0.25, 0.3) is 0 Å². The quantitative estimate of drug-likeness (QED) is 0.712. The van der Waals surface area contributed by atoms with Crippen LogP contribution in [0.1, 0.15) is 21.5 Å². The van der Waals surface area contributed by atoms with E-state index in [1.807, 2.05) is 49.4 Å². The molecule has 0 bridgehead atoms. The zero-order valence-electron chi connectivity index (χ0n) is 9.21. The highest BCUT2D eigenvalue weighted by atomic mass is 79.9. The van der Waals surface area contributed by atoms with Crippen LogP contribution in [0.2, 0.25) is 0 Å². The standard InChI is InChI=1S/C14H10Br2O/c1-9-2-5-12(16)8-13(9)14(17)10-3-6-11(15)7-4-10/h2-8H,1H3. The van der Waals surface area contributed by atoms with E-state index < -0.39 is 0 Å². The van der Waals surface area contributed by atoms with Crippen molar-refractivity contribution < 1.29 is 4.79 Å². The van der Waals surface area contributed by atoms with Gasteiger partial charge in [-0.2, -0.15) is 0 Å². The first-order valence-corrected chi connectivity index (χ1v) is 6.73. The van der Waals surface area contributed by atoms with Crippen LogP contribution >= 0.6 is 31.9 Å². The molecular formula is C14H10Br2O. The van der Waals surface area contributed by atoms with Crippen molar-refractivity contribution in [3.05, 3.63) is 68.1 Å². The van der Waals surface area contributed by atoms with E-state index in [4.69, 9.17) is 0 Å². The molecule has 0 spiro atoms. The Kier molecular flexibility index (Phi) is 3.79. The minimum atomic E-state index is 0.0521. The van der Waals surface area contributed by atoms with Crippen molar-refractivity contribution in [1.29, 1.82) is 0 Å². The fourth-order valence-electron chi connectivity index (χ4n) is 1.60. The molecule has 3 heteroatoms. The maximum Gasteiger partial charge on any atom is 0.193 e. The van der Waals surface area contributed by atoms with E-state index in [9.17, 15) is 4.79 Å². The van der Waals surface area contributed by atoms with Gasteiger partial charge >= 0.3 is 0 Å². The molecule has 2 aromatic carbocycles. The lowest BCUT2D eigenvalue weighted by Gasteiger charge is -2.05. The lowest BCUT2D eigenvalue weighted by Crippen LogP contribution is -2.03. The van der Waals surface area contributed by atoms with Crippen molar-refractivity contribution in [1.82, 2.24) is 0 Å². The van der Waals surface area contributed by atoms with Gasteiger partial charge in [0.2, 0.25) is 0 Å². The van der Waals surface area contributed by atoms with Gasteiger partial charge in [-0.1, -0.05) is 37.9 Å². The lowest BCUT2D eigenvalue weighted by molar-refractivity contribution is 0.103. The first-order valence-electron chi connectivity index (χ1n) is 5.14. The molecule has 0 unspecified atom stereocenters. The monoisotopic (exact) mass is 352 g/mol. The number of aryl methyl sites for hydroxylation is 1. The van der Waals surface area contributed by atoms with E-state index in [1.54, 1.807) is 0 Å². The first kappa shape index (κ1) is 12.5. The highest BCUT2D eigenvalue weighted by molar-refractivity contribution is 9.10. The van der Waals surface area contributed by atoms with Gasteiger partial charge in [-0.15, -0.1) is 0 Å². The highest BCUT2D eigenvalue weighted by Gasteiger charge is 2.11. The zero-order valence-corrected chi connectivity index (χ0v) is 12.4. The van der Waals surface area contributed by atoms with E-state index in [1.165, 1.54) is 0 Å². The van der Waals surface area contributed by atoms with Gasteiger partial charge in [0.15, 0.2) is 5.78 Å². The fourth-order valence-corrected chi connectivity index (χ4v) is 2.22. The number of hydrogen-bond acceptors (Lipinski definition) is 1. The van der Waals surface area contributed by atoms with Gasteiger partial charge in [0.1, 0.15) is 0 Å². The maximum atomic E-state index is 12.3. The molecule has 0 aliphatic carbocycles. The van der Waals surface area contributed by atoms with Crippen molar-refractivity contribution >= 4 is 37.6 Å². The second-order valence-electron chi connectivity index (χ2n) is 3.80. The van der Waals surface area contributed by atoms with Crippen molar-refractivity contribution in [2.24, 2.45) is 0 Å². The summed E-state index contributed by atoms with van der Waals surface area (Å²) in [6, 6.07) is 13.1. The molecule has 0 N–H and O–H groups in total. The van der Waals surface area contributed by atoms with Gasteiger partial charge in [0.25, 0.3) is 0 Å². The van der Waals surface area contributed by atoms with Crippen LogP contribution in [-0.2, 0) is 0 Å². The van der Waals surface area contributed by atoms with Crippen LogP contribution in [0, 0.1) is 6.92 Å². The van der Waals surface area contributed by atoms with Gasteiger partial charge in [-0.3, -0.25) is 4.79 Å². The molecule has 0 saturated carbocycles. The number of rotatable bonds is 2. The van der Waals surface area contributed by atoms with Crippen LogP contribution in [-0.4, -0.2) is 5.78 Å². The van der Waals surface area contributed by atoms with Gasteiger partial charge in [-0.25, -0.2) is 0 Å². The number of benzene rings is 2. The van der Waals surface area contributed by atoms with E-state index in [0.29, 0.717) is 5.56 Å². The van der Waals surface area contributed by atoms with E-state index in [2.05, 4.69) is 31.9 Å². The maximum absolute atomic E-state index is 12.3. The van der Waals surface area contributed by atoms with E-state index >= 15 is 0 Å². The zero-order chi connectivity index (χ0) is 12.4. The second kappa shape index (κ2) is 5.15. The van der Waals surface area contributed by atoms with Gasteiger partial charge in [0, 0.05) is 20.1 Å². The van der Waals surface area contributed by atoms with Crippen molar-refractivity contribution in [2.75, 3.05) is 0 Å². The number of carbonyl (C=O) groups excluding carboxylic acids is 1.